The average molecular weight is 209 g/mol. The van der Waals surface area contributed by atoms with Crippen LogP contribution >= 0.6 is 0 Å². The third-order valence-electron chi connectivity index (χ3n) is 2.88. The molecule has 0 saturated carbocycles. The Morgan fingerprint density at radius 2 is 2.27 bits per heavy atom. The number of nitrogens with zero attached hydrogens (tertiary/aromatic N) is 3. The molecule has 0 bridgehead atoms. The molecule has 0 amide bonds. The van der Waals surface area contributed by atoms with Crippen LogP contribution in [0.25, 0.3) is 0 Å². The molecule has 1 fully saturated rings. The van der Waals surface area contributed by atoms with Gasteiger partial charge in [-0.1, -0.05) is 13.8 Å². The molecule has 0 aliphatic carbocycles. The predicted octanol–water partition coefficient (Wildman–Crippen LogP) is 1.44. The Bertz CT molecular complexity index is 316. The van der Waals surface area contributed by atoms with Crippen LogP contribution in [0, 0.1) is 5.92 Å². The highest BCUT2D eigenvalue weighted by atomic mass is 16.5. The van der Waals surface area contributed by atoms with Crippen LogP contribution in [0.2, 0.25) is 0 Å². The van der Waals surface area contributed by atoms with E-state index < -0.39 is 0 Å². The topological polar surface area (TPSA) is 39.9 Å². The summed E-state index contributed by atoms with van der Waals surface area (Å²) in [6, 6.07) is 0. The summed E-state index contributed by atoms with van der Waals surface area (Å²) in [6.07, 6.45) is 3.03. The molecule has 0 spiro atoms. The third-order valence-corrected chi connectivity index (χ3v) is 2.88. The summed E-state index contributed by atoms with van der Waals surface area (Å²) < 4.78 is 7.44. The van der Waals surface area contributed by atoms with Crippen LogP contribution in [-0.4, -0.2) is 28.0 Å². The smallest absolute Gasteiger partial charge is 0.150 e. The van der Waals surface area contributed by atoms with E-state index in [0.717, 1.165) is 50.7 Å². The van der Waals surface area contributed by atoms with Crippen LogP contribution in [0.1, 0.15) is 31.9 Å². The third kappa shape index (κ3) is 2.37. The molecule has 2 rings (SSSR count). The molecule has 0 aromatic carbocycles. The van der Waals surface area contributed by atoms with Crippen molar-refractivity contribution < 1.29 is 4.74 Å². The normalized spacial score (nSPS) is 21.1. The van der Waals surface area contributed by atoms with E-state index in [1.165, 1.54) is 0 Å². The van der Waals surface area contributed by atoms with Crippen molar-refractivity contribution in [1.29, 1.82) is 0 Å². The fourth-order valence-corrected chi connectivity index (χ4v) is 1.96. The lowest BCUT2D eigenvalue weighted by Crippen LogP contribution is -2.14. The number of hydrogen-bond donors (Lipinski definition) is 0. The lowest BCUT2D eigenvalue weighted by molar-refractivity contribution is 0.181. The second-order valence-corrected chi connectivity index (χ2v) is 4.06. The van der Waals surface area contributed by atoms with Gasteiger partial charge in [0.1, 0.15) is 5.82 Å². The summed E-state index contributed by atoms with van der Waals surface area (Å²) in [7, 11) is 0. The molecule has 1 atom stereocenters. The van der Waals surface area contributed by atoms with Gasteiger partial charge in [-0.05, 0) is 6.42 Å². The van der Waals surface area contributed by atoms with Crippen LogP contribution in [0.4, 0.5) is 0 Å². The van der Waals surface area contributed by atoms with Gasteiger partial charge in [0.2, 0.25) is 0 Å². The van der Waals surface area contributed by atoms with Crippen LogP contribution < -0.4 is 0 Å². The molecule has 1 unspecified atom stereocenters. The van der Waals surface area contributed by atoms with Crippen molar-refractivity contribution in [3.63, 3.8) is 0 Å². The molecular weight excluding hydrogens is 190 g/mol. The molecular formula is C11H19N3O. The monoisotopic (exact) mass is 209 g/mol. The molecule has 2 heterocycles. The first kappa shape index (κ1) is 10.6. The van der Waals surface area contributed by atoms with Crippen molar-refractivity contribution in [1.82, 2.24) is 14.8 Å². The van der Waals surface area contributed by atoms with E-state index in [1.807, 2.05) is 0 Å². The second-order valence-electron chi connectivity index (χ2n) is 4.06. The Labute approximate surface area is 90.7 Å². The number of aromatic nitrogens is 3. The fraction of sp³-hybridized carbons (Fsp3) is 0.818. The van der Waals surface area contributed by atoms with Gasteiger partial charge in [-0.3, -0.25) is 0 Å². The average Bonchev–Trinajstić information content (AvgIpc) is 2.87. The van der Waals surface area contributed by atoms with Crippen molar-refractivity contribution >= 4 is 0 Å². The first-order valence-corrected chi connectivity index (χ1v) is 5.83. The zero-order valence-corrected chi connectivity index (χ0v) is 9.57. The molecule has 0 N–H and O–H groups in total. The summed E-state index contributed by atoms with van der Waals surface area (Å²) in [5.74, 6) is 2.70. The quantitative estimate of drug-likeness (QED) is 0.753. The second kappa shape index (κ2) is 4.75. The highest BCUT2D eigenvalue weighted by Gasteiger charge is 2.18. The van der Waals surface area contributed by atoms with Gasteiger partial charge in [-0.2, -0.15) is 5.10 Å². The Morgan fingerprint density at radius 1 is 1.40 bits per heavy atom. The van der Waals surface area contributed by atoms with Crippen LogP contribution in [-0.2, 0) is 24.1 Å². The van der Waals surface area contributed by atoms with Gasteiger partial charge in [-0.15, -0.1) is 0 Å². The summed E-state index contributed by atoms with van der Waals surface area (Å²) in [6.45, 7) is 6.98. The molecule has 0 radical (unpaired) electrons. The summed E-state index contributed by atoms with van der Waals surface area (Å²) in [4.78, 5) is 4.50. The summed E-state index contributed by atoms with van der Waals surface area (Å²) in [5.41, 5.74) is 0. The molecule has 84 valence electrons. The summed E-state index contributed by atoms with van der Waals surface area (Å²) >= 11 is 0. The van der Waals surface area contributed by atoms with E-state index in [0.29, 0.717) is 5.92 Å². The zero-order valence-electron chi connectivity index (χ0n) is 9.57. The molecule has 4 nitrogen and oxygen atoms in total. The van der Waals surface area contributed by atoms with E-state index in [-0.39, 0.29) is 0 Å². The molecule has 4 heteroatoms. The van der Waals surface area contributed by atoms with E-state index in [1.54, 1.807) is 0 Å². The van der Waals surface area contributed by atoms with Gasteiger partial charge in [0, 0.05) is 31.9 Å². The number of hydrogen-bond acceptors (Lipinski definition) is 3. The van der Waals surface area contributed by atoms with E-state index >= 15 is 0 Å². The van der Waals surface area contributed by atoms with Crippen molar-refractivity contribution in [3.05, 3.63) is 11.6 Å². The van der Waals surface area contributed by atoms with Crippen LogP contribution in [0.5, 0.6) is 0 Å². The number of aryl methyl sites for hydroxylation is 2. The minimum Gasteiger partial charge on any atom is -0.381 e. The lowest BCUT2D eigenvalue weighted by Gasteiger charge is -2.08. The molecule has 1 aliphatic rings. The minimum atomic E-state index is 0.627. The first-order chi connectivity index (χ1) is 7.33. The van der Waals surface area contributed by atoms with E-state index in [9.17, 15) is 0 Å². The highest BCUT2D eigenvalue weighted by Crippen LogP contribution is 2.15. The van der Waals surface area contributed by atoms with Gasteiger partial charge in [0.15, 0.2) is 5.82 Å². The maximum atomic E-state index is 5.37. The summed E-state index contributed by atoms with van der Waals surface area (Å²) in [5, 5.41) is 4.51. The Kier molecular flexibility index (Phi) is 3.36. The SMILES string of the molecule is CCc1nc(CC)n(CC2CCOC2)n1. The Hall–Kier alpha value is -0.900. The van der Waals surface area contributed by atoms with Gasteiger partial charge >= 0.3 is 0 Å². The Balaban J connectivity index is 2.07. The van der Waals surface area contributed by atoms with Crippen LogP contribution in [0.15, 0.2) is 0 Å². The molecule has 1 saturated heterocycles. The van der Waals surface area contributed by atoms with Gasteiger partial charge in [0.05, 0.1) is 6.61 Å². The van der Waals surface area contributed by atoms with Gasteiger partial charge in [0.25, 0.3) is 0 Å². The van der Waals surface area contributed by atoms with E-state index in [2.05, 4.69) is 28.6 Å². The Morgan fingerprint density at radius 3 is 2.87 bits per heavy atom. The minimum absolute atomic E-state index is 0.627. The van der Waals surface area contributed by atoms with E-state index in [4.69, 9.17) is 4.74 Å². The largest absolute Gasteiger partial charge is 0.381 e. The van der Waals surface area contributed by atoms with Crippen LogP contribution in [0.3, 0.4) is 0 Å². The highest BCUT2D eigenvalue weighted by molar-refractivity contribution is 4.93. The number of ether oxygens (including phenoxy) is 1. The number of rotatable bonds is 4. The van der Waals surface area contributed by atoms with Gasteiger partial charge < -0.3 is 4.74 Å². The molecule has 1 aliphatic heterocycles. The van der Waals surface area contributed by atoms with Crippen molar-refractivity contribution in [3.8, 4) is 0 Å². The molecule has 1 aromatic heterocycles. The van der Waals surface area contributed by atoms with Crippen molar-refractivity contribution in [2.24, 2.45) is 5.92 Å². The first-order valence-electron chi connectivity index (χ1n) is 5.83. The predicted molar refractivity (Wildman–Crippen MR) is 57.7 cm³/mol. The maximum absolute atomic E-state index is 5.37. The van der Waals surface area contributed by atoms with Crippen molar-refractivity contribution in [2.45, 2.75) is 39.7 Å². The van der Waals surface area contributed by atoms with Crippen molar-refractivity contribution in [2.75, 3.05) is 13.2 Å². The zero-order chi connectivity index (χ0) is 10.7. The van der Waals surface area contributed by atoms with Gasteiger partial charge in [-0.25, -0.2) is 9.67 Å². The molecule has 15 heavy (non-hydrogen) atoms. The lowest BCUT2D eigenvalue weighted by atomic mass is 10.1. The molecule has 1 aromatic rings. The standard InChI is InChI=1S/C11H19N3O/c1-3-10-12-11(4-2)14(13-10)7-9-5-6-15-8-9/h9H,3-8H2,1-2H3. The fourth-order valence-electron chi connectivity index (χ4n) is 1.96. The maximum Gasteiger partial charge on any atom is 0.150 e.